The molecule has 4 heterocycles. The summed E-state index contributed by atoms with van der Waals surface area (Å²) in [6.45, 7) is -2.48. The maximum absolute atomic E-state index is 12.9. The van der Waals surface area contributed by atoms with Crippen molar-refractivity contribution in [3.8, 4) is 63.1 Å². The lowest BCUT2D eigenvalue weighted by Crippen LogP contribution is -2.65. The Labute approximate surface area is 438 Å². The Morgan fingerprint density at radius 1 is 0.500 bits per heavy atom. The molecule has 1 aromatic heterocycles. The third kappa shape index (κ3) is 12.5. The fourth-order valence-electron chi connectivity index (χ4n) is 8.28. The standard InChI is InChI=1S/C51H52O27/c52-17-34-39(62)42(65)45(68)49(75-34)73-32-15-23(53)14-31-24(32)16-33(47(72-31)22-5-8-27(56)30(59)13-22)74-51-48(44(67)41(64)36(77-51)19-71-38(61)10-4-21-2-7-26(55)29(58)12-21)78-50-46(69)43(66)40(63)35(76-50)18-70-37(60)9-3-20-1-6-25(54)28(57)11-20/h1-16,34-36,39-46,48-52,62-69H,17-19H2,(H6-,53,54,55,56,57,58,59,60,61)/p+1/t34-,35-,36+,39+,40+,41+,42-,43-,44+,45-,46+,48+,49+,50-,51+/m0/s1. The summed E-state index contributed by atoms with van der Waals surface area (Å²) in [7, 11) is 0. The molecular formula is C51H53O27+. The summed E-state index contributed by atoms with van der Waals surface area (Å²) >= 11 is 0. The van der Waals surface area contributed by atoms with Crippen LogP contribution in [0.25, 0.3) is 34.4 Å². The van der Waals surface area contributed by atoms with Crippen LogP contribution >= 0.6 is 0 Å². The number of phenols is 7. The zero-order chi connectivity index (χ0) is 56.3. The highest BCUT2D eigenvalue weighted by Gasteiger charge is 2.53. The van der Waals surface area contributed by atoms with Crippen molar-refractivity contribution in [1.29, 1.82) is 0 Å². The van der Waals surface area contributed by atoms with Crippen LogP contribution in [-0.4, -0.2) is 206 Å². The number of aromatic hydroxyl groups is 7. The van der Waals surface area contributed by atoms with Gasteiger partial charge in [-0.3, -0.25) is 0 Å². The molecular weight excluding hydrogens is 1040 g/mol. The van der Waals surface area contributed by atoms with E-state index in [4.69, 9.17) is 42.3 Å². The van der Waals surface area contributed by atoms with Crippen molar-refractivity contribution in [3.63, 3.8) is 0 Å². The number of carbonyl (C=O) groups is 2. The smallest absolute Gasteiger partial charge is 0.402 e. The molecule has 0 saturated carbocycles. The van der Waals surface area contributed by atoms with Gasteiger partial charge in [0.1, 0.15) is 97.2 Å². The quantitative estimate of drug-likeness (QED) is 0.0245. The van der Waals surface area contributed by atoms with Crippen LogP contribution < -0.4 is 9.47 Å². The Kier molecular flexibility index (Phi) is 17.4. The number of aliphatic hydroxyl groups is 9. The van der Waals surface area contributed by atoms with Crippen LogP contribution in [0.4, 0.5) is 0 Å². The van der Waals surface area contributed by atoms with Crippen molar-refractivity contribution < 1.29 is 134 Å². The molecule has 0 amide bonds. The largest absolute Gasteiger partial charge is 0.507 e. The minimum absolute atomic E-state index is 0.0633. The van der Waals surface area contributed by atoms with Gasteiger partial charge in [-0.05, 0) is 59.7 Å². The topological polar surface area (TPSA) is 443 Å². The molecule has 3 saturated heterocycles. The summed E-state index contributed by atoms with van der Waals surface area (Å²) in [5.74, 6) is -6.86. The predicted molar refractivity (Wildman–Crippen MR) is 258 cm³/mol. The van der Waals surface area contributed by atoms with Crippen LogP contribution in [0.15, 0.2) is 89.4 Å². The number of hydrogen-bond acceptors (Lipinski definition) is 26. The minimum atomic E-state index is -2.19. The maximum atomic E-state index is 12.9. The van der Waals surface area contributed by atoms with Crippen molar-refractivity contribution >= 4 is 35.1 Å². The molecule has 15 atom stereocenters. The maximum Gasteiger partial charge on any atom is 0.402 e. The highest BCUT2D eigenvalue weighted by molar-refractivity contribution is 5.89. The summed E-state index contributed by atoms with van der Waals surface area (Å²) in [6.07, 6.45) is -24.8. The molecule has 27 nitrogen and oxygen atoms in total. The number of ether oxygens (including phenoxy) is 8. The van der Waals surface area contributed by atoms with Gasteiger partial charge in [0.2, 0.25) is 18.3 Å². The van der Waals surface area contributed by atoms with Crippen LogP contribution in [0.1, 0.15) is 11.1 Å². The van der Waals surface area contributed by atoms with Gasteiger partial charge in [-0.15, -0.1) is 0 Å². The van der Waals surface area contributed by atoms with Crippen LogP contribution in [0, 0.1) is 0 Å². The van der Waals surface area contributed by atoms with Gasteiger partial charge in [-0.25, -0.2) is 14.0 Å². The molecule has 4 aromatic carbocycles. The molecule has 3 fully saturated rings. The van der Waals surface area contributed by atoms with Gasteiger partial charge in [0.25, 0.3) is 0 Å². The van der Waals surface area contributed by atoms with Gasteiger partial charge < -0.3 is 120 Å². The van der Waals surface area contributed by atoms with Gasteiger partial charge in [-0.2, -0.15) is 0 Å². The van der Waals surface area contributed by atoms with Gasteiger partial charge in [-0.1, -0.05) is 12.1 Å². The van der Waals surface area contributed by atoms with Crippen molar-refractivity contribution in [2.45, 2.75) is 92.1 Å². The molecule has 78 heavy (non-hydrogen) atoms. The summed E-state index contributed by atoms with van der Waals surface area (Å²) in [5.41, 5.74) is 0.231. The summed E-state index contributed by atoms with van der Waals surface area (Å²) in [6, 6.07) is 13.9. The fraction of sp³-hybridized carbons (Fsp3) is 0.353. The van der Waals surface area contributed by atoms with E-state index in [-0.39, 0.29) is 39.2 Å². The van der Waals surface area contributed by atoms with E-state index >= 15 is 0 Å². The van der Waals surface area contributed by atoms with E-state index in [0.717, 1.165) is 66.7 Å². The van der Waals surface area contributed by atoms with Crippen molar-refractivity contribution in [3.05, 3.63) is 96.1 Å². The molecule has 0 spiro atoms. The van der Waals surface area contributed by atoms with Crippen LogP contribution in [0.2, 0.25) is 0 Å². The fourth-order valence-corrected chi connectivity index (χ4v) is 8.28. The average molecular weight is 1100 g/mol. The molecule has 418 valence electrons. The van der Waals surface area contributed by atoms with Crippen molar-refractivity contribution in [2.24, 2.45) is 0 Å². The first kappa shape index (κ1) is 56.6. The second kappa shape index (κ2) is 24.0. The van der Waals surface area contributed by atoms with Gasteiger partial charge in [0.05, 0.1) is 18.2 Å². The SMILES string of the molecule is O=C(C=Cc1ccc(O)c(O)c1)OC[C@@H]1O[C@@H](O[C@H]2[C@H](Oc3cc4c(O[C@@H]5O[C@@H](CO)[C@@H](O)[C@H](O)[C@@H]5O)cc(O)cc4[o+]c3-c3ccc(O)c(O)c3)O[C@H](COC(=O)C=Cc3ccc(O)c(O)c3)[C@@H](O)[C@H]2O)[C@H](O)[C@@H](O)[C@@H]1O. The number of fused-ring (bicyclic) bond motifs is 1. The highest BCUT2D eigenvalue weighted by Crippen LogP contribution is 2.44. The molecule has 3 aliphatic heterocycles. The minimum Gasteiger partial charge on any atom is -0.507 e. The third-order valence-electron chi connectivity index (χ3n) is 12.6. The first-order valence-electron chi connectivity index (χ1n) is 23.5. The molecule has 0 bridgehead atoms. The van der Waals surface area contributed by atoms with Gasteiger partial charge in [0.15, 0.2) is 46.9 Å². The number of esters is 2. The summed E-state index contributed by atoms with van der Waals surface area (Å²) in [4.78, 5) is 25.7. The summed E-state index contributed by atoms with van der Waals surface area (Å²) in [5, 5.41) is 168. The van der Waals surface area contributed by atoms with Crippen molar-refractivity contribution in [2.75, 3.05) is 19.8 Å². The highest BCUT2D eigenvalue weighted by atomic mass is 16.8. The number of benzene rings is 4. The molecule has 0 aliphatic carbocycles. The predicted octanol–water partition coefficient (Wildman–Crippen LogP) is -0.970. The Morgan fingerprint density at radius 3 is 1.54 bits per heavy atom. The number of aliphatic hydroxyl groups excluding tert-OH is 9. The molecule has 3 aliphatic rings. The second-order valence-corrected chi connectivity index (χ2v) is 18.0. The summed E-state index contributed by atoms with van der Waals surface area (Å²) < 4.78 is 52.3. The second-order valence-electron chi connectivity index (χ2n) is 18.0. The molecule has 5 aromatic rings. The van der Waals surface area contributed by atoms with Crippen LogP contribution in [0.3, 0.4) is 0 Å². The average Bonchev–Trinajstić information content (AvgIpc) is 3.48. The molecule has 0 unspecified atom stereocenters. The lowest BCUT2D eigenvalue weighted by Gasteiger charge is -2.45. The number of rotatable bonds is 16. The first-order valence-corrected chi connectivity index (χ1v) is 23.5. The van der Waals surface area contributed by atoms with E-state index in [0.29, 0.717) is 0 Å². The van der Waals surface area contributed by atoms with E-state index in [1.165, 1.54) is 30.4 Å². The molecule has 8 rings (SSSR count). The number of hydrogen-bond donors (Lipinski definition) is 16. The first-order chi connectivity index (χ1) is 37.1. The van der Waals surface area contributed by atoms with Gasteiger partial charge >= 0.3 is 23.3 Å². The Balaban J connectivity index is 1.13. The van der Waals surface area contributed by atoms with E-state index in [9.17, 15) is 91.3 Å². The molecule has 16 N–H and O–H groups in total. The normalized spacial score (nSPS) is 29.4. The zero-order valence-corrected chi connectivity index (χ0v) is 40.2. The van der Waals surface area contributed by atoms with E-state index in [2.05, 4.69) is 0 Å². The van der Waals surface area contributed by atoms with Crippen LogP contribution in [0.5, 0.6) is 51.7 Å². The van der Waals surface area contributed by atoms with E-state index in [1.807, 2.05) is 0 Å². The van der Waals surface area contributed by atoms with E-state index < -0.39 is 170 Å². The van der Waals surface area contributed by atoms with E-state index in [1.54, 1.807) is 0 Å². The molecule has 27 heteroatoms. The lowest BCUT2D eigenvalue weighted by atomic mass is 9.97. The Morgan fingerprint density at radius 2 is 0.987 bits per heavy atom. The number of carbonyl (C=O) groups excluding carboxylic acids is 2. The Hall–Kier alpha value is -7.61. The van der Waals surface area contributed by atoms with Crippen molar-refractivity contribution in [1.82, 2.24) is 0 Å². The lowest BCUT2D eigenvalue weighted by molar-refractivity contribution is -0.358. The third-order valence-corrected chi connectivity index (χ3v) is 12.6. The zero-order valence-electron chi connectivity index (χ0n) is 40.2. The number of phenolic OH excluding ortho intramolecular Hbond substituents is 7. The Bertz CT molecular complexity index is 3020. The molecule has 0 radical (unpaired) electrons. The van der Waals surface area contributed by atoms with Crippen LogP contribution in [-0.2, 0) is 38.0 Å². The van der Waals surface area contributed by atoms with Gasteiger partial charge in [0, 0.05) is 30.4 Å². The monoisotopic (exact) mass is 1100 g/mol.